The van der Waals surface area contributed by atoms with Crippen molar-refractivity contribution in [1.29, 1.82) is 0 Å². The van der Waals surface area contributed by atoms with Gasteiger partial charge in [-0.05, 0) is 39.8 Å². The zero-order valence-corrected chi connectivity index (χ0v) is 14.1. The lowest BCUT2D eigenvalue weighted by molar-refractivity contribution is 0.0189. The van der Waals surface area contributed by atoms with Crippen molar-refractivity contribution in [3.05, 3.63) is 48.6 Å². The van der Waals surface area contributed by atoms with Crippen LogP contribution in [-0.2, 0) is 11.2 Å². The van der Waals surface area contributed by atoms with Gasteiger partial charge in [0.15, 0.2) is 0 Å². The number of carbonyl (C=O) groups excluding carboxylic acids is 1. The van der Waals surface area contributed by atoms with E-state index in [-0.39, 0.29) is 12.1 Å². The van der Waals surface area contributed by atoms with Crippen LogP contribution in [0.4, 0.5) is 4.79 Å². The molecule has 0 aromatic heterocycles. The summed E-state index contributed by atoms with van der Waals surface area (Å²) in [4.78, 5) is 14.2. The van der Waals surface area contributed by atoms with E-state index in [1.165, 1.54) is 5.56 Å². The van der Waals surface area contributed by atoms with Gasteiger partial charge in [-0.2, -0.15) is 0 Å². The van der Waals surface area contributed by atoms with Gasteiger partial charge in [0.05, 0.1) is 6.04 Å². The number of benzene rings is 1. The summed E-state index contributed by atoms with van der Waals surface area (Å²) < 4.78 is 5.53. The Morgan fingerprint density at radius 1 is 1.36 bits per heavy atom. The van der Waals surface area contributed by atoms with Crippen LogP contribution in [0.1, 0.15) is 26.3 Å². The number of rotatable bonds is 7. The Hall–Kier alpha value is -1.81. The lowest BCUT2D eigenvalue weighted by Gasteiger charge is -2.33. The Morgan fingerprint density at radius 3 is 2.50 bits per heavy atom. The van der Waals surface area contributed by atoms with E-state index in [2.05, 4.69) is 24.0 Å². The smallest absolute Gasteiger partial charge is 0.410 e. The highest BCUT2D eigenvalue weighted by molar-refractivity contribution is 5.69. The molecule has 0 aliphatic rings. The van der Waals surface area contributed by atoms with Crippen molar-refractivity contribution in [2.75, 3.05) is 20.1 Å². The molecule has 1 aromatic rings. The van der Waals surface area contributed by atoms with Crippen molar-refractivity contribution in [3.63, 3.8) is 0 Å². The van der Waals surface area contributed by atoms with Crippen LogP contribution in [0.2, 0.25) is 0 Å². The van der Waals surface area contributed by atoms with Gasteiger partial charge in [0.25, 0.3) is 0 Å². The second kappa shape index (κ2) is 8.59. The first-order valence-corrected chi connectivity index (χ1v) is 7.66. The van der Waals surface area contributed by atoms with Crippen LogP contribution in [0.3, 0.4) is 0 Å². The third kappa shape index (κ3) is 6.31. The number of nitrogens with one attached hydrogen (secondary N) is 1. The minimum atomic E-state index is -0.507. The molecular weight excluding hydrogens is 276 g/mol. The third-order valence-corrected chi connectivity index (χ3v) is 3.15. The second-order valence-electron chi connectivity index (χ2n) is 6.32. The molecule has 0 spiro atoms. The normalized spacial score (nSPS) is 12.5. The van der Waals surface area contributed by atoms with E-state index in [0.29, 0.717) is 13.1 Å². The van der Waals surface area contributed by atoms with E-state index < -0.39 is 5.60 Å². The summed E-state index contributed by atoms with van der Waals surface area (Å²) in [5, 5.41) is 3.16. The van der Waals surface area contributed by atoms with E-state index in [1.807, 2.05) is 46.0 Å². The average molecular weight is 304 g/mol. The minimum absolute atomic E-state index is 0.0141. The Bertz CT molecular complexity index is 466. The molecule has 1 atom stereocenters. The number of ether oxygens (including phenoxy) is 1. The van der Waals surface area contributed by atoms with Gasteiger partial charge in [0, 0.05) is 13.1 Å². The first kappa shape index (κ1) is 18.2. The maximum absolute atomic E-state index is 12.5. The lowest BCUT2D eigenvalue weighted by atomic mass is 10.0. The predicted molar refractivity (Wildman–Crippen MR) is 91.0 cm³/mol. The highest BCUT2D eigenvalue weighted by atomic mass is 16.6. The average Bonchev–Trinajstić information content (AvgIpc) is 2.43. The number of amides is 1. The molecule has 1 aromatic carbocycles. The predicted octanol–water partition coefficient (Wildman–Crippen LogP) is 3.24. The molecular formula is C18H28N2O2. The van der Waals surface area contributed by atoms with Crippen molar-refractivity contribution in [2.45, 2.75) is 38.8 Å². The first-order valence-electron chi connectivity index (χ1n) is 7.66. The second-order valence-corrected chi connectivity index (χ2v) is 6.32. The molecule has 0 heterocycles. The number of likely N-dealkylation sites (N-methyl/N-ethyl adjacent to an activating group) is 1. The molecule has 0 bridgehead atoms. The monoisotopic (exact) mass is 304 g/mol. The summed E-state index contributed by atoms with van der Waals surface area (Å²) in [7, 11) is 1.89. The Kier molecular flexibility index (Phi) is 7.12. The van der Waals surface area contributed by atoms with Crippen LogP contribution in [0, 0.1) is 0 Å². The van der Waals surface area contributed by atoms with Crippen LogP contribution < -0.4 is 5.32 Å². The van der Waals surface area contributed by atoms with Crippen LogP contribution >= 0.6 is 0 Å². The molecule has 122 valence electrons. The van der Waals surface area contributed by atoms with E-state index in [1.54, 1.807) is 11.0 Å². The fourth-order valence-corrected chi connectivity index (χ4v) is 2.25. The molecule has 0 saturated heterocycles. The first-order chi connectivity index (χ1) is 10.4. The van der Waals surface area contributed by atoms with Gasteiger partial charge in [-0.3, -0.25) is 4.90 Å². The molecule has 1 amide bonds. The van der Waals surface area contributed by atoms with Crippen molar-refractivity contribution >= 4 is 6.09 Å². The molecule has 0 aliphatic heterocycles. The van der Waals surface area contributed by atoms with Crippen molar-refractivity contribution in [1.82, 2.24) is 10.2 Å². The minimum Gasteiger partial charge on any atom is -0.444 e. The van der Waals surface area contributed by atoms with Crippen LogP contribution in [0.5, 0.6) is 0 Å². The molecule has 4 nitrogen and oxygen atoms in total. The van der Waals surface area contributed by atoms with E-state index in [9.17, 15) is 4.79 Å². The summed E-state index contributed by atoms with van der Waals surface area (Å²) in [6.45, 7) is 10.6. The van der Waals surface area contributed by atoms with Crippen molar-refractivity contribution in [3.8, 4) is 0 Å². The molecule has 1 N–H and O–H groups in total. The molecule has 0 saturated carbocycles. The summed E-state index contributed by atoms with van der Waals surface area (Å²) >= 11 is 0. The molecule has 4 heteroatoms. The van der Waals surface area contributed by atoms with Gasteiger partial charge in [-0.15, -0.1) is 6.58 Å². The van der Waals surface area contributed by atoms with Crippen molar-refractivity contribution < 1.29 is 9.53 Å². The van der Waals surface area contributed by atoms with Crippen molar-refractivity contribution in [2.24, 2.45) is 0 Å². The van der Waals surface area contributed by atoms with Crippen LogP contribution in [0.25, 0.3) is 0 Å². The summed E-state index contributed by atoms with van der Waals surface area (Å²) in [6, 6.07) is 10.2. The standard InChI is InChI=1S/C18H28N2O2/c1-6-12-20(17(21)22-18(2,3)4)16(14-19-5)13-15-10-8-7-9-11-15/h6-11,16,19H,1,12-14H2,2-5H3/t16-/m0/s1. The molecule has 1 rings (SSSR count). The molecule has 22 heavy (non-hydrogen) atoms. The summed E-state index contributed by atoms with van der Waals surface area (Å²) in [5.41, 5.74) is 0.688. The largest absolute Gasteiger partial charge is 0.444 e. The fraction of sp³-hybridized carbons (Fsp3) is 0.500. The molecule has 0 fully saturated rings. The zero-order chi connectivity index (χ0) is 16.6. The fourth-order valence-electron chi connectivity index (χ4n) is 2.25. The summed E-state index contributed by atoms with van der Waals surface area (Å²) in [5.74, 6) is 0. The van der Waals surface area contributed by atoms with E-state index in [4.69, 9.17) is 4.74 Å². The Labute approximate surface area is 134 Å². The highest BCUT2D eigenvalue weighted by Gasteiger charge is 2.27. The molecule has 0 unspecified atom stereocenters. The maximum atomic E-state index is 12.5. The van der Waals surface area contributed by atoms with Gasteiger partial charge >= 0.3 is 6.09 Å². The van der Waals surface area contributed by atoms with Gasteiger partial charge in [-0.25, -0.2) is 4.79 Å². The highest BCUT2D eigenvalue weighted by Crippen LogP contribution is 2.15. The van der Waals surface area contributed by atoms with Crippen LogP contribution in [0.15, 0.2) is 43.0 Å². The van der Waals surface area contributed by atoms with Crippen LogP contribution in [-0.4, -0.2) is 42.8 Å². The van der Waals surface area contributed by atoms with Gasteiger partial charge in [0.1, 0.15) is 5.60 Å². The van der Waals surface area contributed by atoms with E-state index in [0.717, 1.165) is 6.42 Å². The quantitative estimate of drug-likeness (QED) is 0.786. The number of nitrogens with zero attached hydrogens (tertiary/aromatic N) is 1. The topological polar surface area (TPSA) is 41.6 Å². The number of hydrogen-bond acceptors (Lipinski definition) is 3. The molecule has 0 aliphatic carbocycles. The number of hydrogen-bond donors (Lipinski definition) is 1. The van der Waals surface area contributed by atoms with Gasteiger partial charge < -0.3 is 10.1 Å². The zero-order valence-electron chi connectivity index (χ0n) is 14.1. The Morgan fingerprint density at radius 2 is 2.00 bits per heavy atom. The molecule has 0 radical (unpaired) electrons. The van der Waals surface area contributed by atoms with E-state index >= 15 is 0 Å². The lowest BCUT2D eigenvalue weighted by Crippen LogP contribution is -2.48. The summed E-state index contributed by atoms with van der Waals surface area (Å²) in [6.07, 6.45) is 2.20. The van der Waals surface area contributed by atoms with Gasteiger partial charge in [-0.1, -0.05) is 36.4 Å². The maximum Gasteiger partial charge on any atom is 0.410 e. The number of carbonyl (C=O) groups is 1. The third-order valence-electron chi connectivity index (χ3n) is 3.15. The Balaban J connectivity index is 2.90. The SMILES string of the molecule is C=CCN(C(=O)OC(C)(C)C)[C@H](CNC)Cc1ccccc1. The van der Waals surface area contributed by atoms with Gasteiger partial charge in [0.2, 0.25) is 0 Å².